The van der Waals surface area contributed by atoms with Crippen LogP contribution in [0.4, 0.5) is 11.4 Å². The molecule has 0 saturated heterocycles. The first kappa shape index (κ1) is 25.7. The quantitative estimate of drug-likeness (QED) is 0.294. The van der Waals surface area contributed by atoms with Crippen LogP contribution in [0.5, 0.6) is 0 Å². The highest BCUT2D eigenvalue weighted by molar-refractivity contribution is 5.80. The third-order valence-corrected chi connectivity index (χ3v) is 5.65. The number of nitrogens with zero attached hydrogens (tertiary/aromatic N) is 6. The molecule has 0 bridgehead atoms. The van der Waals surface area contributed by atoms with Crippen molar-refractivity contribution in [1.82, 2.24) is 4.68 Å². The van der Waals surface area contributed by atoms with Gasteiger partial charge in [-0.1, -0.05) is 69.5 Å². The molecule has 0 fully saturated rings. The summed E-state index contributed by atoms with van der Waals surface area (Å²) < 4.78 is 3.80. The minimum Gasteiger partial charge on any atom is -1.00 e. The molecule has 180 valence electrons. The second-order valence-corrected chi connectivity index (χ2v) is 8.55. The Kier molecular flexibility index (Phi) is 8.44. The van der Waals surface area contributed by atoms with E-state index >= 15 is 0 Å². The van der Waals surface area contributed by atoms with Crippen molar-refractivity contribution < 1.29 is 17.1 Å². The van der Waals surface area contributed by atoms with Gasteiger partial charge in [0, 0.05) is 52.1 Å². The Bertz CT molecular complexity index is 1290. The molecule has 35 heavy (non-hydrogen) atoms. The molecule has 4 aromatic rings. The maximum Gasteiger partial charge on any atom is 0.304 e. The van der Waals surface area contributed by atoms with Crippen LogP contribution >= 0.6 is 0 Å². The van der Waals surface area contributed by atoms with Gasteiger partial charge in [-0.05, 0) is 35.4 Å². The van der Waals surface area contributed by atoms with Gasteiger partial charge in [0.15, 0.2) is 6.20 Å². The molecule has 0 saturated carbocycles. The van der Waals surface area contributed by atoms with Gasteiger partial charge in [-0.25, -0.2) is 0 Å². The molecule has 0 atom stereocenters. The Morgan fingerprint density at radius 3 is 1.74 bits per heavy atom. The molecule has 4 rings (SSSR count). The molecule has 0 aliphatic rings. The van der Waals surface area contributed by atoms with Gasteiger partial charge in [0.1, 0.15) is 0 Å². The van der Waals surface area contributed by atoms with E-state index in [4.69, 9.17) is 10.2 Å². The fourth-order valence-electron chi connectivity index (χ4n) is 3.57. The van der Waals surface area contributed by atoms with Crippen LogP contribution in [0.2, 0.25) is 0 Å². The Labute approximate surface area is 213 Å². The molecule has 6 nitrogen and oxygen atoms in total. The van der Waals surface area contributed by atoms with Crippen molar-refractivity contribution >= 4 is 23.8 Å². The second-order valence-electron chi connectivity index (χ2n) is 8.55. The first-order chi connectivity index (χ1) is 16.4. The molecule has 7 heteroatoms. The lowest BCUT2D eigenvalue weighted by Gasteiger charge is -2.11. The van der Waals surface area contributed by atoms with Crippen molar-refractivity contribution in [2.24, 2.45) is 10.2 Å². The van der Waals surface area contributed by atoms with Gasteiger partial charge in [0.25, 0.3) is 0 Å². The minimum absolute atomic E-state index is 0. The van der Waals surface area contributed by atoms with Crippen molar-refractivity contribution in [3.8, 4) is 11.3 Å². The van der Waals surface area contributed by atoms with E-state index in [-0.39, 0.29) is 12.4 Å². The van der Waals surface area contributed by atoms with Gasteiger partial charge < -0.3 is 22.2 Å². The summed E-state index contributed by atoms with van der Waals surface area (Å²) in [4.78, 5) is 4.16. The third kappa shape index (κ3) is 6.16. The van der Waals surface area contributed by atoms with Crippen molar-refractivity contribution in [2.45, 2.75) is 6.92 Å². The molecule has 0 radical (unpaired) electrons. The zero-order valence-electron chi connectivity index (χ0n) is 20.8. The molecule has 0 aliphatic carbocycles. The highest BCUT2D eigenvalue weighted by Crippen LogP contribution is 2.17. The maximum atomic E-state index is 4.81. The van der Waals surface area contributed by atoms with Crippen LogP contribution in [-0.4, -0.2) is 45.3 Å². The molecule has 0 amide bonds. The van der Waals surface area contributed by atoms with E-state index in [9.17, 15) is 0 Å². The van der Waals surface area contributed by atoms with Crippen LogP contribution in [0, 0.1) is 6.92 Å². The summed E-state index contributed by atoms with van der Waals surface area (Å²) >= 11 is 0. The Morgan fingerprint density at radius 1 is 0.714 bits per heavy atom. The average molecular weight is 487 g/mol. The summed E-state index contributed by atoms with van der Waals surface area (Å²) in [5.41, 5.74) is 6.44. The van der Waals surface area contributed by atoms with Crippen molar-refractivity contribution in [3.63, 3.8) is 0 Å². The fraction of sp³-hybridized carbons (Fsp3) is 0.179. The monoisotopic (exact) mass is 486 g/mol. The largest absolute Gasteiger partial charge is 1.00 e. The normalized spacial score (nSPS) is 11.1. The summed E-state index contributed by atoms with van der Waals surface area (Å²) in [5, 5.41) is 9.53. The van der Waals surface area contributed by atoms with Crippen molar-refractivity contribution in [1.29, 1.82) is 0 Å². The average Bonchev–Trinajstić information content (AvgIpc) is 3.17. The van der Waals surface area contributed by atoms with Crippen LogP contribution in [0.25, 0.3) is 11.3 Å². The van der Waals surface area contributed by atoms with Crippen LogP contribution in [0.3, 0.4) is 0 Å². The van der Waals surface area contributed by atoms with E-state index in [1.165, 1.54) is 0 Å². The lowest BCUT2D eigenvalue weighted by Crippen LogP contribution is -3.00. The van der Waals surface area contributed by atoms with Crippen molar-refractivity contribution in [3.05, 3.63) is 102 Å². The first-order valence-electron chi connectivity index (χ1n) is 11.3. The predicted octanol–water partition coefficient (Wildman–Crippen LogP) is 1.65. The van der Waals surface area contributed by atoms with Crippen molar-refractivity contribution in [2.75, 3.05) is 38.0 Å². The fourth-order valence-corrected chi connectivity index (χ4v) is 3.57. The molecular weight excluding hydrogens is 456 g/mol. The number of hydrogen-bond donors (Lipinski definition) is 0. The Hall–Kier alpha value is -3.90. The number of benzene rings is 3. The van der Waals surface area contributed by atoms with E-state index in [2.05, 4.69) is 70.5 Å². The predicted molar refractivity (Wildman–Crippen MR) is 142 cm³/mol. The van der Waals surface area contributed by atoms with E-state index in [1.54, 1.807) is 0 Å². The summed E-state index contributed by atoms with van der Waals surface area (Å²) in [6.07, 6.45) is 5.77. The van der Waals surface area contributed by atoms with Crippen LogP contribution in [0.15, 0.2) is 95.3 Å². The number of halogens is 1. The van der Waals surface area contributed by atoms with E-state index in [0.717, 1.165) is 39.6 Å². The smallest absolute Gasteiger partial charge is 0.304 e. The van der Waals surface area contributed by atoms with Crippen LogP contribution in [0.1, 0.15) is 17.0 Å². The first-order valence-corrected chi connectivity index (χ1v) is 11.3. The number of rotatable bonds is 7. The van der Waals surface area contributed by atoms with E-state index in [0.29, 0.717) is 0 Å². The van der Waals surface area contributed by atoms with Crippen LogP contribution in [-0.2, 0) is 0 Å². The molecular formula is C28H31ClN6. The molecule has 0 spiro atoms. The summed E-state index contributed by atoms with van der Waals surface area (Å²) in [6, 6.07) is 26.9. The van der Waals surface area contributed by atoms with E-state index < -0.39 is 0 Å². The molecule has 0 aliphatic heterocycles. The summed E-state index contributed by atoms with van der Waals surface area (Å²) in [5.74, 6) is 0.904. The molecule has 0 unspecified atom stereocenters. The SMILES string of the molecule is Cc1n(N=Cc2ccc(N(C)C)cc2)cc(-c2ccccc2)[n+]1N=Cc1ccc(N(C)C)cc1.[Cl-]. The second kappa shape index (κ2) is 11.5. The number of anilines is 2. The standard InChI is InChI=1S/C28H31N6.ClH/c1-22-33(29-19-23-11-15-26(16-12-23)31(2)3)21-28(25-9-7-6-8-10-25)34(22)30-20-24-13-17-27(18-14-24)32(4)5;/h6-21H,1-5H3;1H/q+1;/p-1. The van der Waals surface area contributed by atoms with Gasteiger partial charge in [-0.15, -0.1) is 4.68 Å². The summed E-state index contributed by atoms with van der Waals surface area (Å²) in [7, 11) is 8.14. The number of hydrogen-bond acceptors (Lipinski definition) is 4. The lowest BCUT2D eigenvalue weighted by atomic mass is 10.2. The van der Waals surface area contributed by atoms with Gasteiger partial charge in [-0.3, -0.25) is 0 Å². The maximum absolute atomic E-state index is 4.81. The Morgan fingerprint density at radius 2 is 1.23 bits per heavy atom. The topological polar surface area (TPSA) is 40.0 Å². The van der Waals surface area contributed by atoms with Crippen LogP contribution < -0.4 is 26.9 Å². The molecule has 0 N–H and O–H groups in total. The van der Waals surface area contributed by atoms with Gasteiger partial charge in [-0.2, -0.15) is 0 Å². The number of aromatic nitrogens is 2. The Balaban J connectivity index is 0.00000342. The molecule has 1 heterocycles. The van der Waals surface area contributed by atoms with Gasteiger partial charge in [0.05, 0.1) is 12.4 Å². The third-order valence-electron chi connectivity index (χ3n) is 5.65. The molecule has 1 aromatic heterocycles. The van der Waals surface area contributed by atoms with Gasteiger partial charge in [0.2, 0.25) is 5.69 Å². The zero-order valence-corrected chi connectivity index (χ0v) is 21.6. The molecule has 3 aromatic carbocycles. The van der Waals surface area contributed by atoms with Gasteiger partial charge >= 0.3 is 5.82 Å². The number of imidazole rings is 1. The summed E-state index contributed by atoms with van der Waals surface area (Å²) in [6.45, 7) is 2.02. The highest BCUT2D eigenvalue weighted by Gasteiger charge is 2.21. The lowest BCUT2D eigenvalue weighted by molar-refractivity contribution is -0.673. The van der Waals surface area contributed by atoms with E-state index in [1.807, 2.05) is 81.3 Å². The highest BCUT2D eigenvalue weighted by atomic mass is 35.5. The minimum atomic E-state index is 0. The zero-order chi connectivity index (χ0) is 24.1.